The van der Waals surface area contributed by atoms with Gasteiger partial charge in [0.1, 0.15) is 12.4 Å². The van der Waals surface area contributed by atoms with E-state index in [1.807, 2.05) is 37.3 Å². The Morgan fingerprint density at radius 3 is 2.65 bits per heavy atom. The van der Waals surface area contributed by atoms with E-state index in [0.29, 0.717) is 44.6 Å². The summed E-state index contributed by atoms with van der Waals surface area (Å²) in [5.41, 5.74) is 3.65. The molecule has 3 aliphatic heterocycles. The van der Waals surface area contributed by atoms with Crippen LogP contribution in [0.2, 0.25) is 0 Å². The third-order valence-electron chi connectivity index (χ3n) is 8.97. The number of phenols is 1. The first-order chi connectivity index (χ1) is 19.5. The number of carbonyl (C=O) groups excluding carboxylic acids is 1. The van der Waals surface area contributed by atoms with Crippen LogP contribution in [0, 0.1) is 6.92 Å². The minimum Gasteiger partial charge on any atom is -0.508 e. The molecule has 0 aliphatic carbocycles. The molecule has 8 nitrogen and oxygen atoms in total. The van der Waals surface area contributed by atoms with Crippen molar-refractivity contribution in [3.8, 4) is 22.9 Å². The van der Waals surface area contributed by atoms with Gasteiger partial charge in [0.2, 0.25) is 5.91 Å². The molecule has 7 rings (SSSR count). The molecule has 4 aromatic rings. The first-order valence-corrected chi connectivity index (χ1v) is 14.3. The van der Waals surface area contributed by atoms with E-state index < -0.39 is 0 Å². The predicted octanol–water partition coefficient (Wildman–Crippen LogP) is 5.22. The highest BCUT2D eigenvalue weighted by Gasteiger charge is 2.45. The summed E-state index contributed by atoms with van der Waals surface area (Å²) in [5.74, 6) is 0.770. The molecule has 0 bridgehead atoms. The zero-order valence-electron chi connectivity index (χ0n) is 22.9. The molecule has 0 radical (unpaired) electrons. The molecular weight excluding hydrogens is 504 g/mol. The molecule has 3 saturated heterocycles. The lowest BCUT2D eigenvalue weighted by atomic mass is 9.93. The molecular formula is C32H34N4O4. The fourth-order valence-electron chi connectivity index (χ4n) is 6.94. The van der Waals surface area contributed by atoms with Gasteiger partial charge < -0.3 is 14.6 Å². The van der Waals surface area contributed by atoms with Crippen molar-refractivity contribution in [2.24, 2.45) is 0 Å². The zero-order valence-corrected chi connectivity index (χ0v) is 22.9. The number of nitrogens with zero attached hydrogens (tertiary/aromatic N) is 4. The number of fused-ring (bicyclic) bond motifs is 3. The molecule has 8 heteroatoms. The Balaban J connectivity index is 1.37. The molecule has 0 unspecified atom stereocenters. The van der Waals surface area contributed by atoms with Crippen LogP contribution in [0.15, 0.2) is 48.5 Å². The normalized spacial score (nSPS) is 19.3. The van der Waals surface area contributed by atoms with Gasteiger partial charge in [0.25, 0.3) is 0 Å². The molecule has 40 heavy (non-hydrogen) atoms. The highest BCUT2D eigenvalue weighted by Crippen LogP contribution is 2.41. The first kappa shape index (κ1) is 25.2. The Labute approximate surface area is 233 Å². The molecule has 0 atom stereocenters. The molecule has 1 N–H and O–H groups in total. The second-order valence-electron chi connectivity index (χ2n) is 11.3. The topological polar surface area (TPSA) is 88.0 Å². The van der Waals surface area contributed by atoms with Gasteiger partial charge >= 0.3 is 6.01 Å². The maximum atomic E-state index is 13.2. The number of aryl methyl sites for hydroxylation is 1. The summed E-state index contributed by atoms with van der Waals surface area (Å²) in [7, 11) is 0. The van der Waals surface area contributed by atoms with E-state index in [9.17, 15) is 9.90 Å². The van der Waals surface area contributed by atoms with E-state index in [-0.39, 0.29) is 17.2 Å². The SMILES string of the molecule is Cc1c(-c2cc(O)cc3ccccc23)ccc2c(N3CCOCCC3=O)nc(OCC34CCCN3CCC4)nc12. The van der Waals surface area contributed by atoms with Crippen LogP contribution in [0.3, 0.4) is 0 Å². The Morgan fingerprint density at radius 2 is 1.80 bits per heavy atom. The molecule has 0 saturated carbocycles. The Bertz CT molecular complexity index is 1610. The van der Waals surface area contributed by atoms with Gasteiger partial charge in [-0.05, 0) is 91.4 Å². The van der Waals surface area contributed by atoms with Gasteiger partial charge in [-0.1, -0.05) is 30.3 Å². The summed E-state index contributed by atoms with van der Waals surface area (Å²) in [6.07, 6.45) is 4.95. The number of phenolic OH excluding ortho intramolecular Hbond substituents is 1. The van der Waals surface area contributed by atoms with E-state index in [1.54, 1.807) is 17.0 Å². The number of aromatic nitrogens is 2. The highest BCUT2D eigenvalue weighted by molar-refractivity contribution is 6.05. The van der Waals surface area contributed by atoms with E-state index in [1.165, 1.54) is 12.8 Å². The van der Waals surface area contributed by atoms with Crippen molar-refractivity contribution in [2.45, 2.75) is 44.6 Å². The number of aromatic hydroxyl groups is 1. The first-order valence-electron chi connectivity index (χ1n) is 14.3. The summed E-state index contributed by atoms with van der Waals surface area (Å²) in [6, 6.07) is 16.0. The number of carbonyl (C=O) groups is 1. The molecule has 1 amide bonds. The standard InChI is InChI=1S/C32H34N4O4/c1-21-24(27-19-23(37)18-22-6-2-3-7-25(22)27)8-9-26-29(21)33-31(34-30(26)36-15-17-39-16-10-28(36)38)40-20-32-11-4-13-35(32)14-5-12-32/h2-3,6-9,18-19,37H,4-5,10-17,20H2,1H3. The van der Waals surface area contributed by atoms with Crippen LogP contribution >= 0.6 is 0 Å². The van der Waals surface area contributed by atoms with E-state index >= 15 is 0 Å². The zero-order chi connectivity index (χ0) is 27.3. The number of rotatable bonds is 5. The quantitative estimate of drug-likeness (QED) is 0.373. The number of ether oxygens (including phenoxy) is 2. The van der Waals surface area contributed by atoms with Gasteiger partial charge in [0.05, 0.1) is 37.2 Å². The Hall–Kier alpha value is -3.75. The third kappa shape index (κ3) is 4.26. The largest absolute Gasteiger partial charge is 0.508 e. The minimum absolute atomic E-state index is 0.0134. The summed E-state index contributed by atoms with van der Waals surface area (Å²) in [4.78, 5) is 27.2. The van der Waals surface area contributed by atoms with Crippen molar-refractivity contribution < 1.29 is 19.4 Å². The number of anilines is 1. The lowest BCUT2D eigenvalue weighted by molar-refractivity contribution is -0.118. The van der Waals surface area contributed by atoms with E-state index in [0.717, 1.165) is 64.3 Å². The number of hydrogen-bond donors (Lipinski definition) is 1. The number of benzene rings is 3. The maximum absolute atomic E-state index is 13.2. The highest BCUT2D eigenvalue weighted by atomic mass is 16.5. The molecule has 1 aromatic heterocycles. The molecule has 206 valence electrons. The van der Waals surface area contributed by atoms with Crippen LogP contribution in [0.1, 0.15) is 37.7 Å². The van der Waals surface area contributed by atoms with Gasteiger partial charge in [0, 0.05) is 5.39 Å². The van der Waals surface area contributed by atoms with Crippen molar-refractivity contribution in [3.63, 3.8) is 0 Å². The lowest BCUT2D eigenvalue weighted by Gasteiger charge is -2.31. The summed E-state index contributed by atoms with van der Waals surface area (Å²) in [6.45, 7) is 6.13. The van der Waals surface area contributed by atoms with Crippen LogP contribution in [0.5, 0.6) is 11.8 Å². The average molecular weight is 539 g/mol. The number of amides is 1. The Morgan fingerprint density at radius 1 is 0.975 bits per heavy atom. The third-order valence-corrected chi connectivity index (χ3v) is 8.97. The van der Waals surface area contributed by atoms with Crippen molar-refractivity contribution in [3.05, 3.63) is 54.1 Å². The summed E-state index contributed by atoms with van der Waals surface area (Å²) in [5, 5.41) is 13.4. The predicted molar refractivity (Wildman–Crippen MR) is 155 cm³/mol. The van der Waals surface area contributed by atoms with Gasteiger partial charge in [0.15, 0.2) is 5.82 Å². The molecule has 3 aromatic carbocycles. The van der Waals surface area contributed by atoms with Crippen molar-refractivity contribution in [2.75, 3.05) is 44.4 Å². The molecule has 0 spiro atoms. The van der Waals surface area contributed by atoms with E-state index in [2.05, 4.69) is 11.0 Å². The van der Waals surface area contributed by atoms with Crippen LogP contribution in [0.4, 0.5) is 5.82 Å². The van der Waals surface area contributed by atoms with E-state index in [4.69, 9.17) is 19.4 Å². The Kier molecular flexibility index (Phi) is 6.32. The fourth-order valence-corrected chi connectivity index (χ4v) is 6.94. The summed E-state index contributed by atoms with van der Waals surface area (Å²) < 4.78 is 12.0. The molecule has 3 aliphatic rings. The van der Waals surface area contributed by atoms with Crippen molar-refractivity contribution in [1.29, 1.82) is 0 Å². The molecule has 4 heterocycles. The maximum Gasteiger partial charge on any atom is 0.319 e. The number of hydrogen-bond acceptors (Lipinski definition) is 7. The fraction of sp³-hybridized carbons (Fsp3) is 0.406. The second kappa shape index (κ2) is 10.0. The van der Waals surface area contributed by atoms with Gasteiger partial charge in [-0.25, -0.2) is 0 Å². The van der Waals surface area contributed by atoms with Crippen molar-refractivity contribution in [1.82, 2.24) is 14.9 Å². The van der Waals surface area contributed by atoms with Crippen molar-refractivity contribution >= 4 is 33.4 Å². The lowest BCUT2D eigenvalue weighted by Crippen LogP contribution is -2.43. The monoisotopic (exact) mass is 538 g/mol. The van der Waals surface area contributed by atoms with Crippen LogP contribution in [-0.4, -0.2) is 70.9 Å². The summed E-state index contributed by atoms with van der Waals surface area (Å²) >= 11 is 0. The average Bonchev–Trinajstić information content (AvgIpc) is 3.47. The minimum atomic E-state index is -0.0134. The smallest absolute Gasteiger partial charge is 0.319 e. The molecule has 3 fully saturated rings. The second-order valence-corrected chi connectivity index (χ2v) is 11.3. The van der Waals surface area contributed by atoms with Gasteiger partial charge in [-0.3, -0.25) is 14.6 Å². The van der Waals surface area contributed by atoms with Gasteiger partial charge in [-0.2, -0.15) is 9.97 Å². The van der Waals surface area contributed by atoms with Crippen LogP contribution in [0.25, 0.3) is 32.8 Å². The van der Waals surface area contributed by atoms with Gasteiger partial charge in [-0.15, -0.1) is 0 Å². The van der Waals surface area contributed by atoms with Crippen LogP contribution in [-0.2, 0) is 9.53 Å². The van der Waals surface area contributed by atoms with Crippen LogP contribution < -0.4 is 9.64 Å².